The van der Waals surface area contributed by atoms with Gasteiger partial charge in [-0.2, -0.15) is 0 Å². The van der Waals surface area contributed by atoms with Crippen LogP contribution in [-0.2, 0) is 6.54 Å². The highest BCUT2D eigenvalue weighted by Gasteiger charge is 2.23. The molecule has 0 fully saturated rings. The van der Waals surface area contributed by atoms with Gasteiger partial charge in [-0.15, -0.1) is 5.73 Å². The van der Waals surface area contributed by atoms with E-state index in [1.54, 1.807) is 4.68 Å². The van der Waals surface area contributed by atoms with E-state index < -0.39 is 0 Å². The Morgan fingerprint density at radius 2 is 1.84 bits per heavy atom. The molecule has 1 aliphatic rings. The van der Waals surface area contributed by atoms with Crippen molar-refractivity contribution in [3.8, 4) is 0 Å². The van der Waals surface area contributed by atoms with E-state index in [0.29, 0.717) is 29.0 Å². The Morgan fingerprint density at radius 1 is 1.13 bits per heavy atom. The number of para-hydroxylation sites is 1. The molecule has 4 rings (SSSR count). The Kier molecular flexibility index (Phi) is 8.27. The predicted molar refractivity (Wildman–Crippen MR) is 162 cm³/mol. The summed E-state index contributed by atoms with van der Waals surface area (Å²) in [5.74, 6) is 0. The number of allylic oxidation sites excluding steroid dienone is 4. The molecule has 38 heavy (non-hydrogen) atoms. The number of thioether (sulfide) groups is 1. The van der Waals surface area contributed by atoms with Gasteiger partial charge in [-0.25, -0.2) is 4.68 Å². The quantitative estimate of drug-likeness (QED) is 0.185. The molecule has 0 unspecified atom stereocenters. The molecule has 6 heteroatoms. The van der Waals surface area contributed by atoms with Gasteiger partial charge in [0.25, 0.3) is 5.56 Å². The standard InChI is InChI=1S/C32H32N4OS/c1-6-9-15-25(7-2)21-34-23(4)31-29(20-27(34)8-3)35(22-26-16-11-10-12-17-26)36(32(31)37)24(5)38-30-19-14-13-18-28(30)33/h6-7,9-20H,2-3,5,21-22,33H2,1,4H3/b9-6-,25-15+. The van der Waals surface area contributed by atoms with Crippen molar-refractivity contribution >= 4 is 34.3 Å². The second kappa shape index (κ2) is 11.8. The number of nitrogen functional groups attached to an aromatic ring is 1. The van der Waals surface area contributed by atoms with E-state index >= 15 is 0 Å². The van der Waals surface area contributed by atoms with Crippen molar-refractivity contribution in [3.63, 3.8) is 0 Å². The molecule has 5 nitrogen and oxygen atoms in total. The summed E-state index contributed by atoms with van der Waals surface area (Å²) in [5.41, 5.74) is 13.5. The van der Waals surface area contributed by atoms with Crippen molar-refractivity contribution in [2.45, 2.75) is 25.3 Å². The number of nitrogens with zero attached hydrogens (tertiary/aromatic N) is 3. The fraction of sp³-hybridized carbons (Fsp3) is 0.125. The van der Waals surface area contributed by atoms with Crippen molar-refractivity contribution in [2.75, 3.05) is 12.3 Å². The average Bonchev–Trinajstić information content (AvgIpc) is 3.20. The molecule has 0 amide bonds. The van der Waals surface area contributed by atoms with Crippen molar-refractivity contribution in [1.29, 1.82) is 0 Å². The molecule has 2 heterocycles. The number of nitrogens with two attached hydrogens (primary N) is 1. The largest absolute Gasteiger partial charge is 0.398 e. The molecule has 0 bridgehead atoms. The van der Waals surface area contributed by atoms with Gasteiger partial charge in [-0.3, -0.25) is 9.48 Å². The lowest BCUT2D eigenvalue weighted by Crippen LogP contribution is -2.45. The van der Waals surface area contributed by atoms with E-state index in [9.17, 15) is 4.79 Å². The Hall–Kier alpha value is -4.38. The molecule has 0 saturated carbocycles. The lowest BCUT2D eigenvalue weighted by Gasteiger charge is -2.27. The first kappa shape index (κ1) is 26.7. The predicted octanol–water partition coefficient (Wildman–Crippen LogP) is 5.08. The van der Waals surface area contributed by atoms with Crippen molar-refractivity contribution in [3.05, 3.63) is 142 Å². The van der Waals surface area contributed by atoms with Crippen LogP contribution >= 0.6 is 11.8 Å². The normalized spacial score (nSPS) is 13.3. The van der Waals surface area contributed by atoms with Crippen LogP contribution in [0, 0.1) is 0 Å². The van der Waals surface area contributed by atoms with Crippen LogP contribution in [0.15, 0.2) is 125 Å². The van der Waals surface area contributed by atoms with Gasteiger partial charge in [0.1, 0.15) is 0 Å². The topological polar surface area (TPSA) is 56.2 Å². The lowest BCUT2D eigenvalue weighted by molar-refractivity contribution is 0.540. The van der Waals surface area contributed by atoms with Crippen molar-refractivity contribution in [2.24, 2.45) is 0 Å². The third-order valence-electron chi connectivity index (χ3n) is 6.36. The first-order chi connectivity index (χ1) is 18.4. The number of anilines is 1. The summed E-state index contributed by atoms with van der Waals surface area (Å²) < 4.78 is 3.63. The van der Waals surface area contributed by atoms with Gasteiger partial charge in [0.2, 0.25) is 0 Å². The molecule has 0 saturated heterocycles. The zero-order valence-corrected chi connectivity index (χ0v) is 22.7. The fourth-order valence-corrected chi connectivity index (χ4v) is 5.27. The van der Waals surface area contributed by atoms with Crippen LogP contribution < -0.4 is 21.9 Å². The van der Waals surface area contributed by atoms with Crippen LogP contribution in [0.1, 0.15) is 19.4 Å². The molecule has 1 aromatic heterocycles. The highest BCUT2D eigenvalue weighted by Crippen LogP contribution is 2.32. The van der Waals surface area contributed by atoms with Crippen molar-refractivity contribution in [1.82, 2.24) is 14.3 Å². The second-order valence-electron chi connectivity index (χ2n) is 8.80. The van der Waals surface area contributed by atoms with E-state index in [-0.39, 0.29) is 5.56 Å². The molecule has 0 spiro atoms. The summed E-state index contributed by atoms with van der Waals surface area (Å²) in [6.07, 6.45) is 9.75. The molecule has 192 valence electrons. The summed E-state index contributed by atoms with van der Waals surface area (Å²) in [4.78, 5) is 17.0. The summed E-state index contributed by atoms with van der Waals surface area (Å²) >= 11 is 1.38. The number of hydrogen-bond donors (Lipinski definition) is 1. The number of rotatable bonds is 9. The number of benzene rings is 2. The SMILES string of the molecule is C=C=C1C=c2c(c(=O)n(C(=C)Sc3ccccc3N)n2Cc2ccccc2)=C(C)N1C/C(C=C)=C/C=C\C. The van der Waals surface area contributed by atoms with Crippen LogP contribution in [0.3, 0.4) is 0 Å². The zero-order chi connectivity index (χ0) is 27.2. The minimum absolute atomic E-state index is 0.137. The smallest absolute Gasteiger partial charge is 0.281 e. The first-order valence-electron chi connectivity index (χ1n) is 12.3. The highest BCUT2D eigenvalue weighted by atomic mass is 32.2. The third-order valence-corrected chi connectivity index (χ3v) is 7.36. The average molecular weight is 521 g/mol. The second-order valence-corrected chi connectivity index (χ2v) is 9.92. The van der Waals surface area contributed by atoms with Gasteiger partial charge >= 0.3 is 0 Å². The molecule has 2 aromatic carbocycles. The van der Waals surface area contributed by atoms with Gasteiger partial charge in [-0.05, 0) is 43.2 Å². The molecular formula is C32H32N4OS. The number of aromatic nitrogens is 2. The fourth-order valence-electron chi connectivity index (χ4n) is 4.41. The van der Waals surface area contributed by atoms with E-state index in [0.717, 1.165) is 32.8 Å². The van der Waals surface area contributed by atoms with Crippen molar-refractivity contribution < 1.29 is 0 Å². The lowest BCUT2D eigenvalue weighted by atomic mass is 10.1. The summed E-state index contributed by atoms with van der Waals surface area (Å²) in [6.45, 7) is 17.2. The Morgan fingerprint density at radius 3 is 2.50 bits per heavy atom. The maximum Gasteiger partial charge on any atom is 0.281 e. The molecule has 0 aliphatic carbocycles. The Bertz CT molecular complexity index is 1680. The van der Waals surface area contributed by atoms with E-state index in [1.165, 1.54) is 11.8 Å². The maximum absolute atomic E-state index is 14.1. The van der Waals surface area contributed by atoms with Gasteiger partial charge in [0.05, 0.1) is 27.8 Å². The Balaban J connectivity index is 1.94. The monoisotopic (exact) mass is 520 g/mol. The van der Waals surface area contributed by atoms with Crippen LogP contribution in [-0.4, -0.2) is 20.8 Å². The maximum atomic E-state index is 14.1. The highest BCUT2D eigenvalue weighted by molar-refractivity contribution is 8.08. The summed E-state index contributed by atoms with van der Waals surface area (Å²) in [6, 6.07) is 17.6. The van der Waals surface area contributed by atoms with Gasteiger partial charge in [0, 0.05) is 22.8 Å². The van der Waals surface area contributed by atoms with E-state index in [4.69, 9.17) is 5.73 Å². The summed E-state index contributed by atoms with van der Waals surface area (Å²) in [5, 5.41) is 1.98. The minimum atomic E-state index is -0.137. The molecule has 0 radical (unpaired) electrons. The molecule has 1 aliphatic heterocycles. The van der Waals surface area contributed by atoms with Crippen LogP contribution in [0.25, 0.3) is 16.8 Å². The molecular weight excluding hydrogens is 488 g/mol. The first-order valence-corrected chi connectivity index (χ1v) is 13.1. The Labute approximate surface area is 227 Å². The van der Waals surface area contributed by atoms with Gasteiger partial charge in [-0.1, -0.05) is 98.3 Å². The van der Waals surface area contributed by atoms with Gasteiger partial charge in [0.15, 0.2) is 0 Å². The van der Waals surface area contributed by atoms with E-state index in [1.807, 2.05) is 104 Å². The molecule has 3 aromatic rings. The summed E-state index contributed by atoms with van der Waals surface area (Å²) in [7, 11) is 0. The van der Waals surface area contributed by atoms with E-state index in [2.05, 4.69) is 30.4 Å². The number of hydrogen-bond acceptors (Lipinski definition) is 4. The molecule has 2 N–H and O–H groups in total. The third kappa shape index (κ3) is 5.32. The van der Waals surface area contributed by atoms with Crippen LogP contribution in [0.4, 0.5) is 5.69 Å². The van der Waals surface area contributed by atoms with Crippen LogP contribution in [0.5, 0.6) is 0 Å². The minimum Gasteiger partial charge on any atom is -0.398 e. The van der Waals surface area contributed by atoms with Crippen LogP contribution in [0.2, 0.25) is 0 Å². The zero-order valence-electron chi connectivity index (χ0n) is 21.9. The van der Waals surface area contributed by atoms with Gasteiger partial charge < -0.3 is 10.6 Å². The number of fused-ring (bicyclic) bond motifs is 1. The molecule has 0 atom stereocenters.